The van der Waals surface area contributed by atoms with Crippen LogP contribution in [0.4, 0.5) is 5.82 Å². The third-order valence-electron chi connectivity index (χ3n) is 3.48. The van der Waals surface area contributed by atoms with Crippen molar-refractivity contribution in [1.29, 1.82) is 0 Å². The van der Waals surface area contributed by atoms with Gasteiger partial charge in [-0.15, -0.1) is 0 Å². The van der Waals surface area contributed by atoms with Gasteiger partial charge in [-0.25, -0.2) is 9.97 Å². The van der Waals surface area contributed by atoms with Crippen molar-refractivity contribution in [1.82, 2.24) is 15.3 Å². The van der Waals surface area contributed by atoms with E-state index in [-0.39, 0.29) is 17.4 Å². The Morgan fingerprint density at radius 2 is 2.23 bits per heavy atom. The number of rotatable bonds is 3. The second-order valence-corrected chi connectivity index (χ2v) is 8.18. The first-order valence-corrected chi connectivity index (χ1v) is 9.45. The van der Waals surface area contributed by atoms with Crippen LogP contribution in [0.25, 0.3) is 0 Å². The van der Waals surface area contributed by atoms with Crippen LogP contribution in [0.1, 0.15) is 33.6 Å². The summed E-state index contributed by atoms with van der Waals surface area (Å²) in [6.45, 7) is 7.65. The van der Waals surface area contributed by atoms with Crippen LogP contribution in [0.3, 0.4) is 0 Å². The Morgan fingerprint density at radius 3 is 2.86 bits per heavy atom. The maximum absolute atomic E-state index is 12.4. The minimum Gasteiger partial charge on any atom is -0.355 e. The van der Waals surface area contributed by atoms with Crippen LogP contribution in [0, 0.1) is 5.92 Å². The molecular weight excluding hydrogens is 364 g/mol. The molecule has 0 radical (unpaired) electrons. The minimum atomic E-state index is -0.194. The molecule has 1 saturated heterocycles. The van der Waals surface area contributed by atoms with Crippen molar-refractivity contribution in [2.45, 2.75) is 44.3 Å². The Morgan fingerprint density at radius 1 is 1.50 bits per heavy atom. The quantitative estimate of drug-likeness (QED) is 0.638. The number of amides is 1. The summed E-state index contributed by atoms with van der Waals surface area (Å²) < 4.78 is 0.877. The monoisotopic (exact) mass is 386 g/mol. The van der Waals surface area contributed by atoms with Gasteiger partial charge in [0.25, 0.3) is 0 Å². The Hall–Kier alpha value is -0.820. The van der Waals surface area contributed by atoms with Gasteiger partial charge in [0.05, 0.1) is 10.4 Å². The number of halogens is 1. The fourth-order valence-corrected chi connectivity index (χ4v) is 3.30. The summed E-state index contributed by atoms with van der Waals surface area (Å²) in [5.41, 5.74) is -0.194. The summed E-state index contributed by atoms with van der Waals surface area (Å²) in [5, 5.41) is 3.83. The lowest BCUT2D eigenvalue weighted by molar-refractivity contribution is -0.126. The van der Waals surface area contributed by atoms with Crippen LogP contribution in [0.15, 0.2) is 15.8 Å². The number of anilines is 1. The molecule has 7 heteroatoms. The molecule has 1 unspecified atom stereocenters. The van der Waals surface area contributed by atoms with E-state index in [9.17, 15) is 4.79 Å². The van der Waals surface area contributed by atoms with E-state index in [0.29, 0.717) is 6.54 Å². The zero-order valence-corrected chi connectivity index (χ0v) is 15.9. The number of piperidine rings is 1. The van der Waals surface area contributed by atoms with Gasteiger partial charge in [0.15, 0.2) is 5.16 Å². The lowest BCUT2D eigenvalue weighted by atomic mass is 9.95. The van der Waals surface area contributed by atoms with E-state index in [0.717, 1.165) is 34.8 Å². The molecule has 1 atom stereocenters. The van der Waals surface area contributed by atoms with Crippen molar-refractivity contribution >= 4 is 39.4 Å². The first-order valence-electron chi connectivity index (χ1n) is 7.43. The molecule has 2 heterocycles. The largest absolute Gasteiger partial charge is 0.355 e. The molecule has 5 nitrogen and oxygen atoms in total. The molecule has 22 heavy (non-hydrogen) atoms. The summed E-state index contributed by atoms with van der Waals surface area (Å²) >= 11 is 5.05. The number of nitrogens with one attached hydrogen (secondary N) is 1. The van der Waals surface area contributed by atoms with E-state index in [4.69, 9.17) is 0 Å². The van der Waals surface area contributed by atoms with E-state index in [1.165, 1.54) is 11.8 Å². The molecule has 122 valence electrons. The van der Waals surface area contributed by atoms with Crippen molar-refractivity contribution in [3.63, 3.8) is 0 Å². The number of thioether (sulfide) groups is 1. The van der Waals surface area contributed by atoms with Crippen molar-refractivity contribution in [3.8, 4) is 0 Å². The molecule has 0 bridgehead atoms. The normalized spacial score (nSPS) is 19.1. The van der Waals surface area contributed by atoms with Gasteiger partial charge in [-0.1, -0.05) is 11.8 Å². The lowest BCUT2D eigenvalue weighted by Gasteiger charge is -2.34. The van der Waals surface area contributed by atoms with Crippen molar-refractivity contribution in [2.24, 2.45) is 5.92 Å². The molecule has 1 aliphatic rings. The Bertz CT molecular complexity index is 547. The smallest absolute Gasteiger partial charge is 0.225 e. The Balaban J connectivity index is 2.12. The van der Waals surface area contributed by atoms with Crippen molar-refractivity contribution in [3.05, 3.63) is 10.7 Å². The standard InChI is InChI=1S/C15H23BrN4OS/c1-15(2,3)19-13(21)10-6-5-7-20(9-10)12-11(16)8-17-14(18-12)22-4/h8,10H,5-7,9H2,1-4H3,(H,19,21). The highest BCUT2D eigenvalue weighted by molar-refractivity contribution is 9.10. The molecule has 0 saturated carbocycles. The average Bonchev–Trinajstić information content (AvgIpc) is 2.46. The molecule has 0 spiro atoms. The van der Waals surface area contributed by atoms with Gasteiger partial charge in [0.2, 0.25) is 5.91 Å². The van der Waals surface area contributed by atoms with Gasteiger partial charge in [-0.05, 0) is 55.8 Å². The predicted molar refractivity (Wildman–Crippen MR) is 94.3 cm³/mol. The SMILES string of the molecule is CSc1ncc(Br)c(N2CCCC(C(=O)NC(C)(C)C)C2)n1. The van der Waals surface area contributed by atoms with Crippen LogP contribution in [-0.4, -0.2) is 40.8 Å². The van der Waals surface area contributed by atoms with Gasteiger partial charge in [-0.3, -0.25) is 4.79 Å². The topological polar surface area (TPSA) is 58.1 Å². The summed E-state index contributed by atoms with van der Waals surface area (Å²) in [5.74, 6) is 1.02. The number of carbonyl (C=O) groups excluding carboxylic acids is 1. The van der Waals surface area contributed by atoms with E-state index in [2.05, 4.69) is 36.1 Å². The zero-order chi connectivity index (χ0) is 16.3. The molecule has 0 aliphatic carbocycles. The highest BCUT2D eigenvalue weighted by Crippen LogP contribution is 2.29. The number of aromatic nitrogens is 2. The first-order chi connectivity index (χ1) is 10.3. The predicted octanol–water partition coefficient (Wildman–Crippen LogP) is 3.09. The maximum Gasteiger partial charge on any atom is 0.225 e. The molecule has 1 N–H and O–H groups in total. The van der Waals surface area contributed by atoms with Crippen LogP contribution in [0.2, 0.25) is 0 Å². The van der Waals surface area contributed by atoms with Crippen LogP contribution < -0.4 is 10.2 Å². The highest BCUT2D eigenvalue weighted by atomic mass is 79.9. The summed E-state index contributed by atoms with van der Waals surface area (Å²) in [6.07, 6.45) is 5.67. The third-order valence-corrected chi connectivity index (χ3v) is 4.60. The number of hydrogen-bond acceptors (Lipinski definition) is 5. The second kappa shape index (κ2) is 7.17. The minimum absolute atomic E-state index is 0.00701. The van der Waals surface area contributed by atoms with Crippen molar-refractivity contribution in [2.75, 3.05) is 24.2 Å². The third kappa shape index (κ3) is 4.59. The summed E-state index contributed by atoms with van der Waals surface area (Å²) in [7, 11) is 0. The van der Waals surface area contributed by atoms with E-state index in [1.54, 1.807) is 6.20 Å². The molecule has 1 aromatic rings. The number of nitrogens with zero attached hydrogens (tertiary/aromatic N) is 3. The van der Waals surface area contributed by atoms with Crippen LogP contribution >= 0.6 is 27.7 Å². The fourth-order valence-electron chi connectivity index (χ4n) is 2.52. The summed E-state index contributed by atoms with van der Waals surface area (Å²) in [6, 6.07) is 0. The maximum atomic E-state index is 12.4. The van der Waals surface area contributed by atoms with E-state index in [1.807, 2.05) is 27.0 Å². The van der Waals surface area contributed by atoms with Crippen molar-refractivity contribution < 1.29 is 4.79 Å². The molecular formula is C15H23BrN4OS. The molecule has 1 aromatic heterocycles. The Labute approximate surface area is 144 Å². The molecule has 1 amide bonds. The number of carbonyl (C=O) groups is 1. The fraction of sp³-hybridized carbons (Fsp3) is 0.667. The highest BCUT2D eigenvalue weighted by Gasteiger charge is 2.29. The van der Waals surface area contributed by atoms with Gasteiger partial charge < -0.3 is 10.2 Å². The van der Waals surface area contributed by atoms with Crippen LogP contribution in [0.5, 0.6) is 0 Å². The van der Waals surface area contributed by atoms with Gasteiger partial charge in [0.1, 0.15) is 5.82 Å². The van der Waals surface area contributed by atoms with E-state index >= 15 is 0 Å². The molecule has 0 aromatic carbocycles. The van der Waals surface area contributed by atoms with Crippen LogP contribution in [-0.2, 0) is 4.79 Å². The molecule has 1 aliphatic heterocycles. The zero-order valence-electron chi connectivity index (χ0n) is 13.5. The first kappa shape index (κ1) is 17.5. The Kier molecular flexibility index (Phi) is 5.71. The summed E-state index contributed by atoms with van der Waals surface area (Å²) in [4.78, 5) is 23.4. The molecule has 2 rings (SSSR count). The number of hydrogen-bond donors (Lipinski definition) is 1. The molecule has 1 fully saturated rings. The van der Waals surface area contributed by atoms with Gasteiger partial charge >= 0.3 is 0 Å². The van der Waals surface area contributed by atoms with Gasteiger partial charge in [-0.2, -0.15) is 0 Å². The lowest BCUT2D eigenvalue weighted by Crippen LogP contribution is -2.49. The van der Waals surface area contributed by atoms with Gasteiger partial charge in [0, 0.05) is 24.8 Å². The second-order valence-electron chi connectivity index (χ2n) is 6.55. The van der Waals surface area contributed by atoms with E-state index < -0.39 is 0 Å². The average molecular weight is 387 g/mol.